The Labute approximate surface area is 162 Å². The Balaban J connectivity index is 1.92. The lowest BCUT2D eigenvalue weighted by atomic mass is 9.97. The first kappa shape index (κ1) is 16.8. The van der Waals surface area contributed by atoms with Gasteiger partial charge >= 0.3 is 0 Å². The van der Waals surface area contributed by atoms with Gasteiger partial charge in [0.2, 0.25) is 0 Å². The summed E-state index contributed by atoms with van der Waals surface area (Å²) in [5.41, 5.74) is 4.15. The van der Waals surface area contributed by atoms with Crippen LogP contribution in [0.5, 0.6) is 0 Å². The van der Waals surface area contributed by atoms with E-state index in [1.807, 2.05) is 48.7 Å². The zero-order valence-electron chi connectivity index (χ0n) is 15.7. The number of benzene rings is 3. The van der Waals surface area contributed by atoms with Gasteiger partial charge in [-0.15, -0.1) is 0 Å². The first-order valence-electron chi connectivity index (χ1n) is 9.38. The van der Waals surface area contributed by atoms with Crippen LogP contribution < -0.4 is 0 Å². The smallest absolute Gasteiger partial charge is 0.171 e. The number of nitrogens with zero attached hydrogens (tertiary/aromatic N) is 2. The molecule has 3 nitrogen and oxygen atoms in total. The van der Waals surface area contributed by atoms with Crippen LogP contribution in [0.2, 0.25) is 0 Å². The Morgan fingerprint density at radius 2 is 1.79 bits per heavy atom. The highest BCUT2D eigenvalue weighted by Crippen LogP contribution is 2.39. The second-order valence-corrected chi connectivity index (χ2v) is 7.24. The SMILES string of the molecule is CC(C)c1ccc2oc3c(F)cccc3c2c1-n1ccnc1-c1ccccc1. The number of fused-ring (bicyclic) bond motifs is 3. The largest absolute Gasteiger partial charge is 0.453 e. The predicted octanol–water partition coefficient (Wildman–Crippen LogP) is 6.70. The summed E-state index contributed by atoms with van der Waals surface area (Å²) in [7, 11) is 0. The number of para-hydroxylation sites is 1. The highest BCUT2D eigenvalue weighted by atomic mass is 19.1. The van der Waals surface area contributed by atoms with Crippen LogP contribution in [0.4, 0.5) is 4.39 Å². The maximum Gasteiger partial charge on any atom is 0.171 e. The van der Waals surface area contributed by atoms with Crippen molar-refractivity contribution in [3.05, 3.63) is 84.4 Å². The normalized spacial score (nSPS) is 11.7. The number of furan rings is 1. The van der Waals surface area contributed by atoms with Crippen LogP contribution in [0.15, 0.2) is 77.5 Å². The van der Waals surface area contributed by atoms with Gasteiger partial charge in [-0.2, -0.15) is 0 Å². The van der Waals surface area contributed by atoms with Gasteiger partial charge in [-0.05, 0) is 23.6 Å². The van der Waals surface area contributed by atoms with Gasteiger partial charge in [-0.25, -0.2) is 9.37 Å². The second-order valence-electron chi connectivity index (χ2n) is 7.24. The third-order valence-electron chi connectivity index (χ3n) is 5.15. The van der Waals surface area contributed by atoms with E-state index in [1.165, 1.54) is 6.07 Å². The Morgan fingerprint density at radius 1 is 0.964 bits per heavy atom. The zero-order valence-corrected chi connectivity index (χ0v) is 15.7. The summed E-state index contributed by atoms with van der Waals surface area (Å²) < 4.78 is 22.4. The Hall–Kier alpha value is -3.40. The lowest BCUT2D eigenvalue weighted by Gasteiger charge is -2.17. The summed E-state index contributed by atoms with van der Waals surface area (Å²) in [5.74, 6) is 0.782. The number of aromatic nitrogens is 2. The number of rotatable bonds is 3. The standard InChI is InChI=1S/C24H19FN2O/c1-15(2)17-11-12-20-21(18-9-6-10-19(25)23(18)28-20)22(17)27-14-13-26-24(27)16-7-4-3-5-8-16/h3-15H,1-2H3. The third kappa shape index (κ3) is 2.45. The van der Waals surface area contributed by atoms with E-state index >= 15 is 0 Å². The molecule has 0 N–H and O–H groups in total. The Morgan fingerprint density at radius 3 is 2.57 bits per heavy atom. The monoisotopic (exact) mass is 370 g/mol. The average molecular weight is 370 g/mol. The summed E-state index contributed by atoms with van der Waals surface area (Å²) in [6.07, 6.45) is 3.76. The average Bonchev–Trinajstić information content (AvgIpc) is 3.33. The van der Waals surface area contributed by atoms with Gasteiger partial charge in [0.15, 0.2) is 11.4 Å². The fourth-order valence-corrected chi connectivity index (χ4v) is 3.86. The molecule has 0 aliphatic heterocycles. The molecule has 2 heterocycles. The van der Waals surface area contributed by atoms with E-state index in [4.69, 9.17) is 4.42 Å². The molecule has 5 rings (SSSR count). The number of hydrogen-bond donors (Lipinski definition) is 0. The van der Waals surface area contributed by atoms with E-state index < -0.39 is 0 Å². The summed E-state index contributed by atoms with van der Waals surface area (Å²) >= 11 is 0. The highest BCUT2D eigenvalue weighted by molar-refractivity contribution is 6.10. The van der Waals surface area contributed by atoms with E-state index in [2.05, 4.69) is 29.5 Å². The van der Waals surface area contributed by atoms with Gasteiger partial charge in [0, 0.05) is 23.3 Å². The van der Waals surface area contributed by atoms with Crippen LogP contribution in [-0.2, 0) is 0 Å². The number of hydrogen-bond acceptors (Lipinski definition) is 2. The molecule has 0 atom stereocenters. The predicted molar refractivity (Wildman–Crippen MR) is 110 cm³/mol. The van der Waals surface area contributed by atoms with E-state index in [0.29, 0.717) is 11.2 Å². The molecule has 0 bridgehead atoms. The van der Waals surface area contributed by atoms with Gasteiger partial charge in [0.1, 0.15) is 11.4 Å². The summed E-state index contributed by atoms with van der Waals surface area (Å²) in [5, 5.41) is 1.69. The molecule has 2 aromatic heterocycles. The minimum Gasteiger partial charge on any atom is -0.453 e. The molecule has 5 aromatic rings. The molecular weight excluding hydrogens is 351 g/mol. The van der Waals surface area contributed by atoms with Crippen molar-refractivity contribution in [2.45, 2.75) is 19.8 Å². The highest BCUT2D eigenvalue weighted by Gasteiger charge is 2.21. The topological polar surface area (TPSA) is 31.0 Å². The van der Waals surface area contributed by atoms with E-state index in [0.717, 1.165) is 33.4 Å². The first-order chi connectivity index (χ1) is 13.6. The molecular formula is C24H19FN2O. The molecule has 0 saturated carbocycles. The fourth-order valence-electron chi connectivity index (χ4n) is 3.86. The molecule has 0 unspecified atom stereocenters. The van der Waals surface area contributed by atoms with Crippen molar-refractivity contribution in [3.8, 4) is 17.1 Å². The quantitative estimate of drug-likeness (QED) is 0.354. The second kappa shape index (κ2) is 6.34. The molecule has 0 radical (unpaired) electrons. The van der Waals surface area contributed by atoms with Crippen molar-refractivity contribution in [1.29, 1.82) is 0 Å². The molecule has 28 heavy (non-hydrogen) atoms. The lowest BCUT2D eigenvalue weighted by Crippen LogP contribution is -2.03. The molecule has 0 aliphatic rings. The molecule has 138 valence electrons. The van der Waals surface area contributed by atoms with Crippen molar-refractivity contribution >= 4 is 21.9 Å². The Bertz CT molecular complexity index is 1300. The molecule has 0 fully saturated rings. The minimum absolute atomic E-state index is 0.281. The van der Waals surface area contributed by atoms with Gasteiger partial charge in [0.25, 0.3) is 0 Å². The molecule has 0 amide bonds. The zero-order chi connectivity index (χ0) is 19.3. The van der Waals surface area contributed by atoms with Crippen molar-refractivity contribution in [2.24, 2.45) is 0 Å². The van der Waals surface area contributed by atoms with E-state index in [9.17, 15) is 4.39 Å². The lowest BCUT2D eigenvalue weighted by molar-refractivity contribution is 0.584. The molecule has 4 heteroatoms. The van der Waals surface area contributed by atoms with Gasteiger partial charge in [-0.3, -0.25) is 4.57 Å². The van der Waals surface area contributed by atoms with Crippen LogP contribution in [0, 0.1) is 5.82 Å². The molecule has 0 saturated heterocycles. The van der Waals surface area contributed by atoms with Crippen LogP contribution in [0.25, 0.3) is 39.0 Å². The Kier molecular flexibility index (Phi) is 3.79. The van der Waals surface area contributed by atoms with Gasteiger partial charge < -0.3 is 4.42 Å². The van der Waals surface area contributed by atoms with E-state index in [1.54, 1.807) is 12.3 Å². The van der Waals surface area contributed by atoms with Crippen molar-refractivity contribution in [3.63, 3.8) is 0 Å². The fraction of sp³-hybridized carbons (Fsp3) is 0.125. The van der Waals surface area contributed by atoms with Crippen LogP contribution in [-0.4, -0.2) is 9.55 Å². The van der Waals surface area contributed by atoms with E-state index in [-0.39, 0.29) is 11.7 Å². The number of imidazole rings is 1. The minimum atomic E-state index is -0.348. The van der Waals surface area contributed by atoms with Crippen molar-refractivity contribution < 1.29 is 8.81 Å². The summed E-state index contributed by atoms with van der Waals surface area (Å²) in [4.78, 5) is 4.61. The maximum atomic E-state index is 14.4. The van der Waals surface area contributed by atoms with Crippen molar-refractivity contribution in [2.75, 3.05) is 0 Å². The molecule has 3 aromatic carbocycles. The summed E-state index contributed by atoms with van der Waals surface area (Å²) in [6.45, 7) is 4.32. The number of halogens is 1. The first-order valence-corrected chi connectivity index (χ1v) is 9.38. The van der Waals surface area contributed by atoms with Crippen LogP contribution in [0.3, 0.4) is 0 Å². The van der Waals surface area contributed by atoms with Crippen molar-refractivity contribution in [1.82, 2.24) is 9.55 Å². The third-order valence-corrected chi connectivity index (χ3v) is 5.15. The molecule has 0 aliphatic carbocycles. The molecule has 0 spiro atoms. The summed E-state index contributed by atoms with van der Waals surface area (Å²) in [6, 6.07) is 19.2. The van der Waals surface area contributed by atoms with Gasteiger partial charge in [0.05, 0.1) is 11.1 Å². The van der Waals surface area contributed by atoms with Crippen LogP contribution in [0.1, 0.15) is 25.3 Å². The van der Waals surface area contributed by atoms with Gasteiger partial charge in [-0.1, -0.05) is 62.4 Å². The van der Waals surface area contributed by atoms with Crippen LogP contribution >= 0.6 is 0 Å². The maximum absolute atomic E-state index is 14.4.